The van der Waals surface area contributed by atoms with Gasteiger partial charge in [-0.1, -0.05) is 29.3 Å². The fraction of sp³-hybridized carbons (Fsp3) is 0.538. The van der Waals surface area contributed by atoms with Gasteiger partial charge in [-0.25, -0.2) is 0 Å². The highest BCUT2D eigenvalue weighted by Gasteiger charge is 2.19. The molecule has 1 aliphatic rings. The van der Waals surface area contributed by atoms with Crippen molar-refractivity contribution in [2.75, 3.05) is 6.54 Å². The number of hydrogen-bond acceptors (Lipinski definition) is 2. The molecule has 1 aliphatic heterocycles. The number of benzene rings is 1. The standard InChI is InChI=1S/C13H18BrNO/c1-2-9-7-10(14)8-11(13(9)16)12-5-3-4-6-15-12/h7-8,12,15-16H,2-6H2,1H3. The van der Waals surface area contributed by atoms with Crippen molar-refractivity contribution >= 4 is 15.9 Å². The zero-order valence-corrected chi connectivity index (χ0v) is 11.2. The molecule has 0 bridgehead atoms. The summed E-state index contributed by atoms with van der Waals surface area (Å²) in [6.45, 7) is 3.12. The second kappa shape index (κ2) is 5.19. The Morgan fingerprint density at radius 3 is 2.88 bits per heavy atom. The summed E-state index contributed by atoms with van der Waals surface area (Å²) in [4.78, 5) is 0. The first-order valence-corrected chi connectivity index (χ1v) is 6.76. The smallest absolute Gasteiger partial charge is 0.123 e. The molecule has 0 spiro atoms. The molecule has 2 N–H and O–H groups in total. The van der Waals surface area contributed by atoms with Gasteiger partial charge in [0.1, 0.15) is 5.75 Å². The first-order valence-electron chi connectivity index (χ1n) is 5.97. The molecule has 2 rings (SSSR count). The summed E-state index contributed by atoms with van der Waals surface area (Å²) in [5, 5.41) is 13.7. The van der Waals surface area contributed by atoms with Crippen molar-refractivity contribution in [3.05, 3.63) is 27.7 Å². The minimum absolute atomic E-state index is 0.316. The van der Waals surface area contributed by atoms with E-state index in [0.29, 0.717) is 11.8 Å². The number of piperidine rings is 1. The number of phenols is 1. The molecule has 0 radical (unpaired) electrons. The van der Waals surface area contributed by atoms with Crippen LogP contribution in [0.4, 0.5) is 0 Å². The van der Waals surface area contributed by atoms with Crippen LogP contribution in [0.1, 0.15) is 43.4 Å². The lowest BCUT2D eigenvalue weighted by Gasteiger charge is -2.25. The van der Waals surface area contributed by atoms with Gasteiger partial charge in [-0.05, 0) is 43.5 Å². The summed E-state index contributed by atoms with van der Waals surface area (Å²) < 4.78 is 1.06. The van der Waals surface area contributed by atoms with Crippen molar-refractivity contribution in [1.29, 1.82) is 0 Å². The lowest BCUT2D eigenvalue weighted by molar-refractivity contribution is 0.389. The summed E-state index contributed by atoms with van der Waals surface area (Å²) in [6.07, 6.45) is 4.47. The van der Waals surface area contributed by atoms with Gasteiger partial charge in [0.2, 0.25) is 0 Å². The predicted molar refractivity (Wildman–Crippen MR) is 69.8 cm³/mol. The summed E-state index contributed by atoms with van der Waals surface area (Å²) in [6, 6.07) is 4.36. The normalized spacial score (nSPS) is 21.0. The summed E-state index contributed by atoms with van der Waals surface area (Å²) in [7, 11) is 0. The third-order valence-corrected chi connectivity index (χ3v) is 3.71. The molecule has 0 saturated carbocycles. The van der Waals surface area contributed by atoms with Crippen LogP contribution in [0.3, 0.4) is 0 Å². The predicted octanol–water partition coefficient (Wildman–Crippen LogP) is 3.53. The zero-order chi connectivity index (χ0) is 11.5. The highest BCUT2D eigenvalue weighted by molar-refractivity contribution is 9.10. The fourth-order valence-electron chi connectivity index (χ4n) is 2.33. The van der Waals surface area contributed by atoms with Gasteiger partial charge in [0.15, 0.2) is 0 Å². The van der Waals surface area contributed by atoms with E-state index in [1.807, 2.05) is 12.1 Å². The average Bonchev–Trinajstić information content (AvgIpc) is 2.33. The Kier molecular flexibility index (Phi) is 3.87. The van der Waals surface area contributed by atoms with Crippen LogP contribution in [0.2, 0.25) is 0 Å². The number of aryl methyl sites for hydroxylation is 1. The SMILES string of the molecule is CCc1cc(Br)cc(C2CCCCN2)c1O. The summed E-state index contributed by atoms with van der Waals surface area (Å²) in [5.41, 5.74) is 2.07. The van der Waals surface area contributed by atoms with Crippen molar-refractivity contribution < 1.29 is 5.11 Å². The van der Waals surface area contributed by atoms with E-state index in [9.17, 15) is 5.11 Å². The molecule has 3 heteroatoms. The van der Waals surface area contributed by atoms with Gasteiger partial charge in [0.05, 0.1) is 0 Å². The van der Waals surface area contributed by atoms with Crippen LogP contribution >= 0.6 is 15.9 Å². The first kappa shape index (κ1) is 11.9. The Bertz CT molecular complexity index is 372. The Labute approximate surface area is 105 Å². The molecule has 0 aromatic heterocycles. The van der Waals surface area contributed by atoms with Gasteiger partial charge in [-0.2, -0.15) is 0 Å². The Morgan fingerprint density at radius 1 is 1.44 bits per heavy atom. The van der Waals surface area contributed by atoms with E-state index in [0.717, 1.165) is 35.0 Å². The number of nitrogens with one attached hydrogen (secondary N) is 1. The van der Waals surface area contributed by atoms with Crippen molar-refractivity contribution in [3.63, 3.8) is 0 Å². The van der Waals surface area contributed by atoms with E-state index < -0.39 is 0 Å². The molecule has 2 nitrogen and oxygen atoms in total. The molecule has 88 valence electrons. The minimum Gasteiger partial charge on any atom is -0.507 e. The lowest BCUT2D eigenvalue weighted by Crippen LogP contribution is -2.26. The van der Waals surface area contributed by atoms with Gasteiger partial charge in [-0.3, -0.25) is 0 Å². The van der Waals surface area contributed by atoms with Crippen LogP contribution in [0.5, 0.6) is 5.75 Å². The third kappa shape index (κ3) is 2.41. The largest absolute Gasteiger partial charge is 0.507 e. The molecular weight excluding hydrogens is 266 g/mol. The Balaban J connectivity index is 2.34. The average molecular weight is 284 g/mol. The van der Waals surface area contributed by atoms with Crippen LogP contribution in [0.25, 0.3) is 0 Å². The van der Waals surface area contributed by atoms with Crippen molar-refractivity contribution in [2.45, 2.75) is 38.6 Å². The first-order chi connectivity index (χ1) is 7.72. The van der Waals surface area contributed by atoms with E-state index in [4.69, 9.17) is 0 Å². The summed E-state index contributed by atoms with van der Waals surface area (Å²) >= 11 is 3.52. The number of rotatable bonds is 2. The topological polar surface area (TPSA) is 32.3 Å². The monoisotopic (exact) mass is 283 g/mol. The maximum absolute atomic E-state index is 10.2. The number of hydrogen-bond donors (Lipinski definition) is 2. The molecule has 1 saturated heterocycles. The molecule has 16 heavy (non-hydrogen) atoms. The van der Waals surface area contributed by atoms with E-state index in [1.165, 1.54) is 12.8 Å². The van der Waals surface area contributed by atoms with Gasteiger partial charge in [0.25, 0.3) is 0 Å². The molecule has 1 aromatic carbocycles. The molecule has 1 atom stereocenters. The van der Waals surface area contributed by atoms with E-state index >= 15 is 0 Å². The van der Waals surface area contributed by atoms with Crippen LogP contribution in [0.15, 0.2) is 16.6 Å². The van der Waals surface area contributed by atoms with Crippen LogP contribution in [-0.2, 0) is 6.42 Å². The van der Waals surface area contributed by atoms with Crippen LogP contribution < -0.4 is 5.32 Å². The number of halogens is 1. The van der Waals surface area contributed by atoms with Crippen molar-refractivity contribution in [3.8, 4) is 5.75 Å². The van der Waals surface area contributed by atoms with Crippen LogP contribution in [-0.4, -0.2) is 11.7 Å². The highest BCUT2D eigenvalue weighted by Crippen LogP contribution is 2.35. The second-order valence-electron chi connectivity index (χ2n) is 4.36. The van der Waals surface area contributed by atoms with Crippen LogP contribution in [0, 0.1) is 0 Å². The van der Waals surface area contributed by atoms with E-state index in [1.54, 1.807) is 0 Å². The fourth-order valence-corrected chi connectivity index (χ4v) is 2.85. The van der Waals surface area contributed by atoms with Crippen molar-refractivity contribution in [2.24, 2.45) is 0 Å². The van der Waals surface area contributed by atoms with Gasteiger partial charge < -0.3 is 10.4 Å². The molecule has 0 amide bonds. The maximum atomic E-state index is 10.2. The maximum Gasteiger partial charge on any atom is 0.123 e. The molecular formula is C13H18BrNO. The molecule has 1 aromatic rings. The zero-order valence-electron chi connectivity index (χ0n) is 9.59. The van der Waals surface area contributed by atoms with Gasteiger partial charge in [-0.15, -0.1) is 0 Å². The highest BCUT2D eigenvalue weighted by atomic mass is 79.9. The molecule has 0 aliphatic carbocycles. The number of aromatic hydroxyl groups is 1. The van der Waals surface area contributed by atoms with E-state index in [2.05, 4.69) is 28.2 Å². The molecule has 1 unspecified atom stereocenters. The lowest BCUT2D eigenvalue weighted by atomic mass is 9.94. The third-order valence-electron chi connectivity index (χ3n) is 3.25. The van der Waals surface area contributed by atoms with Gasteiger partial charge in [0, 0.05) is 16.1 Å². The quantitative estimate of drug-likeness (QED) is 0.870. The minimum atomic E-state index is 0.316. The number of phenolic OH excluding ortho intramolecular Hbond substituents is 1. The summed E-state index contributed by atoms with van der Waals surface area (Å²) in [5.74, 6) is 0.477. The Morgan fingerprint density at radius 2 is 2.25 bits per heavy atom. The molecule has 1 fully saturated rings. The van der Waals surface area contributed by atoms with Gasteiger partial charge >= 0.3 is 0 Å². The van der Waals surface area contributed by atoms with E-state index in [-0.39, 0.29) is 0 Å². The Hall–Kier alpha value is -0.540. The molecule has 1 heterocycles. The second-order valence-corrected chi connectivity index (χ2v) is 5.27. The van der Waals surface area contributed by atoms with Crippen molar-refractivity contribution in [1.82, 2.24) is 5.32 Å².